The second-order valence-electron chi connectivity index (χ2n) is 4.93. The van der Waals surface area contributed by atoms with E-state index in [1.165, 1.54) is 5.56 Å². The van der Waals surface area contributed by atoms with Crippen molar-refractivity contribution in [3.8, 4) is 0 Å². The van der Waals surface area contributed by atoms with Crippen LogP contribution in [0.15, 0.2) is 28.7 Å². The number of hydrogen-bond donors (Lipinski definition) is 2. The Morgan fingerprint density at radius 2 is 2.06 bits per heavy atom. The molecular weight excluding hydrogens is 294 g/mol. The van der Waals surface area contributed by atoms with Gasteiger partial charge < -0.3 is 15.2 Å². The summed E-state index contributed by atoms with van der Waals surface area (Å²) >= 11 is 3.45. The summed E-state index contributed by atoms with van der Waals surface area (Å²) in [6.45, 7) is 1.02. The maximum atomic E-state index is 9.54. The lowest BCUT2D eigenvalue weighted by molar-refractivity contribution is 0.0597. The standard InChI is InChI=1S/C14H20BrNO2/c1-18-9-14(17)8-16-13-6-11(7-13)10-2-4-12(15)5-3-10/h2-5,11,13-14,16-17H,6-9H2,1H3. The highest BCUT2D eigenvalue weighted by atomic mass is 79.9. The average Bonchev–Trinajstić information content (AvgIpc) is 2.29. The van der Waals surface area contributed by atoms with Crippen LogP contribution in [-0.4, -0.2) is 37.5 Å². The number of aliphatic hydroxyl groups is 1. The zero-order chi connectivity index (χ0) is 13.0. The van der Waals surface area contributed by atoms with Gasteiger partial charge in [0.2, 0.25) is 0 Å². The first-order valence-corrected chi connectivity index (χ1v) is 7.14. The van der Waals surface area contributed by atoms with Crippen LogP contribution < -0.4 is 5.32 Å². The van der Waals surface area contributed by atoms with E-state index in [-0.39, 0.29) is 0 Å². The van der Waals surface area contributed by atoms with Crippen molar-refractivity contribution in [2.45, 2.75) is 30.9 Å². The number of halogens is 1. The molecule has 1 aromatic rings. The van der Waals surface area contributed by atoms with Crippen molar-refractivity contribution in [3.63, 3.8) is 0 Å². The molecule has 2 N–H and O–H groups in total. The summed E-state index contributed by atoms with van der Waals surface area (Å²) in [5.74, 6) is 0.662. The quantitative estimate of drug-likeness (QED) is 0.846. The number of hydrogen-bond acceptors (Lipinski definition) is 3. The lowest BCUT2D eigenvalue weighted by atomic mass is 9.76. The van der Waals surface area contributed by atoms with Gasteiger partial charge in [0, 0.05) is 24.2 Å². The van der Waals surface area contributed by atoms with Gasteiger partial charge in [-0.25, -0.2) is 0 Å². The van der Waals surface area contributed by atoms with Gasteiger partial charge in [-0.05, 0) is 36.5 Å². The molecule has 0 heterocycles. The van der Waals surface area contributed by atoms with E-state index in [4.69, 9.17) is 4.74 Å². The predicted octanol–water partition coefficient (Wildman–Crippen LogP) is 2.29. The predicted molar refractivity (Wildman–Crippen MR) is 75.8 cm³/mol. The fraction of sp³-hybridized carbons (Fsp3) is 0.571. The maximum Gasteiger partial charge on any atom is 0.0897 e. The Labute approximate surface area is 117 Å². The highest BCUT2D eigenvalue weighted by Crippen LogP contribution is 2.37. The van der Waals surface area contributed by atoms with Crippen LogP contribution in [0.2, 0.25) is 0 Å². The Morgan fingerprint density at radius 3 is 2.67 bits per heavy atom. The van der Waals surface area contributed by atoms with Gasteiger partial charge in [-0.1, -0.05) is 28.1 Å². The van der Waals surface area contributed by atoms with E-state index in [1.54, 1.807) is 7.11 Å². The Hall–Kier alpha value is -0.420. The third kappa shape index (κ3) is 3.79. The largest absolute Gasteiger partial charge is 0.389 e. The number of rotatable bonds is 6. The van der Waals surface area contributed by atoms with Crippen molar-refractivity contribution in [2.24, 2.45) is 0 Å². The van der Waals surface area contributed by atoms with Gasteiger partial charge in [0.25, 0.3) is 0 Å². The molecule has 0 amide bonds. The Balaban J connectivity index is 1.69. The molecule has 18 heavy (non-hydrogen) atoms. The van der Waals surface area contributed by atoms with Crippen LogP contribution in [0.1, 0.15) is 24.3 Å². The molecule has 1 atom stereocenters. The average molecular weight is 314 g/mol. The van der Waals surface area contributed by atoms with Crippen LogP contribution in [0.5, 0.6) is 0 Å². The van der Waals surface area contributed by atoms with Gasteiger partial charge in [0.05, 0.1) is 12.7 Å². The molecule has 1 aliphatic carbocycles. The van der Waals surface area contributed by atoms with Crippen LogP contribution in [0.3, 0.4) is 0 Å². The molecule has 1 aromatic carbocycles. The molecule has 0 spiro atoms. The molecule has 2 rings (SSSR count). The first-order valence-electron chi connectivity index (χ1n) is 6.35. The minimum atomic E-state index is -0.401. The summed E-state index contributed by atoms with van der Waals surface area (Å²) in [7, 11) is 1.61. The smallest absolute Gasteiger partial charge is 0.0897 e. The first-order chi connectivity index (χ1) is 8.69. The van der Waals surface area contributed by atoms with Crippen molar-refractivity contribution in [2.75, 3.05) is 20.3 Å². The van der Waals surface area contributed by atoms with E-state index in [9.17, 15) is 5.11 Å². The Bertz CT molecular complexity index is 363. The third-order valence-corrected chi connectivity index (χ3v) is 4.01. The second-order valence-corrected chi connectivity index (χ2v) is 5.85. The summed E-state index contributed by atoms with van der Waals surface area (Å²) in [5.41, 5.74) is 1.41. The van der Waals surface area contributed by atoms with Gasteiger partial charge in [-0.3, -0.25) is 0 Å². The van der Waals surface area contributed by atoms with E-state index in [0.717, 1.165) is 17.3 Å². The third-order valence-electron chi connectivity index (χ3n) is 3.48. The molecule has 0 bridgehead atoms. The minimum Gasteiger partial charge on any atom is -0.389 e. The van der Waals surface area contributed by atoms with E-state index >= 15 is 0 Å². The minimum absolute atomic E-state index is 0.399. The molecule has 1 unspecified atom stereocenters. The summed E-state index contributed by atoms with van der Waals surface area (Å²) in [6, 6.07) is 9.09. The zero-order valence-corrected chi connectivity index (χ0v) is 12.2. The summed E-state index contributed by atoms with van der Waals surface area (Å²) in [5, 5.41) is 12.9. The number of aliphatic hydroxyl groups excluding tert-OH is 1. The molecular formula is C14H20BrNO2. The van der Waals surface area contributed by atoms with Crippen LogP contribution in [0, 0.1) is 0 Å². The molecule has 100 valence electrons. The molecule has 1 aliphatic rings. The summed E-state index contributed by atoms with van der Waals surface area (Å²) in [4.78, 5) is 0. The first kappa shape index (κ1) is 14.0. The molecule has 1 saturated carbocycles. The zero-order valence-electron chi connectivity index (χ0n) is 10.6. The topological polar surface area (TPSA) is 41.5 Å². The van der Waals surface area contributed by atoms with Crippen molar-refractivity contribution in [3.05, 3.63) is 34.3 Å². The molecule has 1 fully saturated rings. The number of methoxy groups -OCH3 is 1. The molecule has 0 aliphatic heterocycles. The van der Waals surface area contributed by atoms with Crippen molar-refractivity contribution in [1.29, 1.82) is 0 Å². The van der Waals surface area contributed by atoms with Gasteiger partial charge >= 0.3 is 0 Å². The van der Waals surface area contributed by atoms with Crippen LogP contribution >= 0.6 is 15.9 Å². The Morgan fingerprint density at radius 1 is 1.39 bits per heavy atom. The Kier molecular flexibility index (Phi) is 5.18. The monoisotopic (exact) mass is 313 g/mol. The van der Waals surface area contributed by atoms with E-state index in [2.05, 4.69) is 45.5 Å². The normalized spacial score (nSPS) is 24.6. The molecule has 0 aromatic heterocycles. The maximum absolute atomic E-state index is 9.54. The molecule has 0 radical (unpaired) electrons. The van der Waals surface area contributed by atoms with Crippen molar-refractivity contribution in [1.82, 2.24) is 5.32 Å². The summed E-state index contributed by atoms with van der Waals surface area (Å²) < 4.78 is 6.02. The second kappa shape index (κ2) is 6.66. The molecule has 3 nitrogen and oxygen atoms in total. The summed E-state index contributed by atoms with van der Waals surface area (Å²) in [6.07, 6.45) is 1.91. The van der Waals surface area contributed by atoms with Gasteiger partial charge in [0.1, 0.15) is 0 Å². The molecule has 4 heteroatoms. The fourth-order valence-electron chi connectivity index (χ4n) is 2.35. The van der Waals surface area contributed by atoms with E-state index < -0.39 is 6.10 Å². The highest BCUT2D eigenvalue weighted by Gasteiger charge is 2.29. The fourth-order valence-corrected chi connectivity index (χ4v) is 2.61. The lowest BCUT2D eigenvalue weighted by Gasteiger charge is -2.37. The lowest BCUT2D eigenvalue weighted by Crippen LogP contribution is -2.44. The van der Waals surface area contributed by atoms with Crippen molar-refractivity contribution >= 4 is 15.9 Å². The van der Waals surface area contributed by atoms with Gasteiger partial charge in [-0.2, -0.15) is 0 Å². The molecule has 0 saturated heterocycles. The number of benzene rings is 1. The SMILES string of the molecule is COCC(O)CNC1CC(c2ccc(Br)cc2)C1. The van der Waals surface area contributed by atoms with Crippen molar-refractivity contribution < 1.29 is 9.84 Å². The van der Waals surface area contributed by atoms with E-state index in [1.807, 2.05) is 0 Å². The van der Waals surface area contributed by atoms with Gasteiger partial charge in [0.15, 0.2) is 0 Å². The van der Waals surface area contributed by atoms with Crippen LogP contribution in [0.4, 0.5) is 0 Å². The van der Waals surface area contributed by atoms with Crippen LogP contribution in [-0.2, 0) is 4.74 Å². The van der Waals surface area contributed by atoms with Gasteiger partial charge in [-0.15, -0.1) is 0 Å². The van der Waals surface area contributed by atoms with Crippen LogP contribution in [0.25, 0.3) is 0 Å². The van der Waals surface area contributed by atoms with E-state index in [0.29, 0.717) is 25.1 Å². The highest BCUT2D eigenvalue weighted by molar-refractivity contribution is 9.10. The number of ether oxygens (including phenoxy) is 1. The number of nitrogens with one attached hydrogen (secondary N) is 1.